The Morgan fingerprint density at radius 1 is 1.39 bits per heavy atom. The largest absolute Gasteiger partial charge is 0.467 e. The number of nitrogens with zero attached hydrogens (tertiary/aromatic N) is 2. The first-order chi connectivity index (χ1) is 8.79. The van der Waals surface area contributed by atoms with E-state index in [0.29, 0.717) is 0 Å². The molecule has 18 heavy (non-hydrogen) atoms. The number of hydrogen-bond donors (Lipinski definition) is 1. The summed E-state index contributed by atoms with van der Waals surface area (Å²) in [5.41, 5.74) is 1.24. The van der Waals surface area contributed by atoms with Crippen molar-refractivity contribution in [3.05, 3.63) is 48.0 Å². The maximum Gasteiger partial charge on any atom is 0.128 e. The predicted octanol–water partition coefficient (Wildman–Crippen LogP) is 2.42. The van der Waals surface area contributed by atoms with Crippen molar-refractivity contribution in [2.45, 2.75) is 20.0 Å². The molecule has 0 amide bonds. The molecule has 2 aromatic heterocycles. The van der Waals surface area contributed by atoms with E-state index >= 15 is 0 Å². The van der Waals surface area contributed by atoms with Crippen LogP contribution in [0, 0.1) is 0 Å². The van der Waals surface area contributed by atoms with Crippen LogP contribution in [0.2, 0.25) is 0 Å². The van der Waals surface area contributed by atoms with Gasteiger partial charge in [0.25, 0.3) is 0 Å². The third-order valence-corrected chi connectivity index (χ3v) is 2.75. The average Bonchev–Trinajstić information content (AvgIpc) is 2.89. The molecule has 0 aliphatic carbocycles. The van der Waals surface area contributed by atoms with E-state index in [9.17, 15) is 0 Å². The molecule has 0 aromatic carbocycles. The molecule has 0 aliphatic heterocycles. The summed E-state index contributed by atoms with van der Waals surface area (Å²) in [6.07, 6.45) is 3.54. The topological polar surface area (TPSA) is 41.3 Å². The SMILES string of the molecule is CCNCc1ccnc(N(C)Cc2ccco2)c1. The minimum Gasteiger partial charge on any atom is -0.467 e. The molecule has 0 radical (unpaired) electrons. The van der Waals surface area contributed by atoms with Gasteiger partial charge in [-0.05, 0) is 36.4 Å². The number of furan rings is 1. The van der Waals surface area contributed by atoms with Crippen molar-refractivity contribution in [2.75, 3.05) is 18.5 Å². The van der Waals surface area contributed by atoms with Crippen LogP contribution in [0.15, 0.2) is 41.1 Å². The Morgan fingerprint density at radius 2 is 2.28 bits per heavy atom. The lowest BCUT2D eigenvalue weighted by Crippen LogP contribution is -2.18. The fourth-order valence-electron chi connectivity index (χ4n) is 1.77. The molecule has 2 rings (SSSR count). The van der Waals surface area contributed by atoms with Crippen LogP contribution < -0.4 is 10.2 Å². The number of aromatic nitrogens is 1. The van der Waals surface area contributed by atoms with Gasteiger partial charge in [-0.1, -0.05) is 6.92 Å². The highest BCUT2D eigenvalue weighted by Gasteiger charge is 2.06. The van der Waals surface area contributed by atoms with Crippen molar-refractivity contribution in [1.29, 1.82) is 0 Å². The maximum absolute atomic E-state index is 5.34. The summed E-state index contributed by atoms with van der Waals surface area (Å²) in [6.45, 7) is 4.68. The lowest BCUT2D eigenvalue weighted by molar-refractivity contribution is 0.507. The van der Waals surface area contributed by atoms with Gasteiger partial charge >= 0.3 is 0 Å². The van der Waals surface area contributed by atoms with Crippen LogP contribution in [0.25, 0.3) is 0 Å². The summed E-state index contributed by atoms with van der Waals surface area (Å²) in [6, 6.07) is 8.01. The summed E-state index contributed by atoms with van der Waals surface area (Å²) in [7, 11) is 2.02. The first kappa shape index (κ1) is 12.6. The molecule has 2 heterocycles. The highest BCUT2D eigenvalue weighted by atomic mass is 16.3. The molecular formula is C14H19N3O. The Morgan fingerprint density at radius 3 is 3.00 bits per heavy atom. The van der Waals surface area contributed by atoms with Gasteiger partial charge in [0, 0.05) is 19.8 Å². The van der Waals surface area contributed by atoms with Gasteiger partial charge in [-0.3, -0.25) is 0 Å². The highest BCUT2D eigenvalue weighted by molar-refractivity contribution is 5.40. The maximum atomic E-state index is 5.34. The van der Waals surface area contributed by atoms with Crippen LogP contribution >= 0.6 is 0 Å². The molecule has 4 nitrogen and oxygen atoms in total. The first-order valence-electron chi connectivity index (χ1n) is 6.18. The van der Waals surface area contributed by atoms with E-state index in [1.807, 2.05) is 31.4 Å². The smallest absolute Gasteiger partial charge is 0.128 e. The summed E-state index contributed by atoms with van der Waals surface area (Å²) in [5.74, 6) is 1.90. The van der Waals surface area contributed by atoms with Crippen LogP contribution in [-0.4, -0.2) is 18.6 Å². The standard InChI is InChI=1S/C14H19N3O/c1-3-15-10-12-6-7-16-14(9-12)17(2)11-13-5-4-8-18-13/h4-9,15H,3,10-11H2,1-2H3. The van der Waals surface area contributed by atoms with Gasteiger partial charge in [0.15, 0.2) is 0 Å². The van der Waals surface area contributed by atoms with Crippen LogP contribution in [0.4, 0.5) is 5.82 Å². The lowest BCUT2D eigenvalue weighted by Gasteiger charge is -2.17. The third-order valence-electron chi connectivity index (χ3n) is 2.75. The van der Waals surface area contributed by atoms with Crippen LogP contribution in [-0.2, 0) is 13.1 Å². The number of hydrogen-bond acceptors (Lipinski definition) is 4. The lowest BCUT2D eigenvalue weighted by atomic mass is 10.2. The van der Waals surface area contributed by atoms with Crippen molar-refractivity contribution >= 4 is 5.82 Å². The molecule has 0 saturated carbocycles. The summed E-state index contributed by atoms with van der Waals surface area (Å²) in [4.78, 5) is 6.46. The number of anilines is 1. The highest BCUT2D eigenvalue weighted by Crippen LogP contribution is 2.14. The van der Waals surface area contributed by atoms with E-state index in [1.165, 1.54) is 5.56 Å². The quantitative estimate of drug-likeness (QED) is 0.848. The Hall–Kier alpha value is -1.81. The van der Waals surface area contributed by atoms with Gasteiger partial charge in [-0.2, -0.15) is 0 Å². The fraction of sp³-hybridized carbons (Fsp3) is 0.357. The second kappa shape index (κ2) is 6.21. The molecule has 2 aromatic rings. The monoisotopic (exact) mass is 245 g/mol. The zero-order chi connectivity index (χ0) is 12.8. The minimum atomic E-state index is 0.727. The van der Waals surface area contributed by atoms with Crippen LogP contribution in [0.3, 0.4) is 0 Å². The Balaban J connectivity index is 2.03. The van der Waals surface area contributed by atoms with E-state index in [2.05, 4.69) is 28.2 Å². The number of nitrogens with one attached hydrogen (secondary N) is 1. The molecule has 0 bridgehead atoms. The molecule has 1 N–H and O–H groups in total. The van der Waals surface area contributed by atoms with Crippen molar-refractivity contribution in [3.8, 4) is 0 Å². The van der Waals surface area contributed by atoms with E-state index < -0.39 is 0 Å². The Labute approximate surface area is 108 Å². The van der Waals surface area contributed by atoms with Gasteiger partial charge < -0.3 is 14.6 Å². The Bertz CT molecular complexity index is 468. The molecule has 0 unspecified atom stereocenters. The van der Waals surface area contributed by atoms with Crippen LogP contribution in [0.1, 0.15) is 18.2 Å². The fourth-order valence-corrected chi connectivity index (χ4v) is 1.77. The van der Waals surface area contributed by atoms with E-state index in [1.54, 1.807) is 6.26 Å². The predicted molar refractivity (Wildman–Crippen MR) is 72.4 cm³/mol. The number of rotatable bonds is 6. The second-order valence-corrected chi connectivity index (χ2v) is 4.24. The molecule has 4 heteroatoms. The zero-order valence-electron chi connectivity index (χ0n) is 10.9. The molecule has 96 valence electrons. The number of pyridine rings is 1. The second-order valence-electron chi connectivity index (χ2n) is 4.24. The summed E-state index contributed by atoms with van der Waals surface area (Å²) in [5, 5.41) is 3.31. The van der Waals surface area contributed by atoms with Crippen molar-refractivity contribution in [2.24, 2.45) is 0 Å². The van der Waals surface area contributed by atoms with Crippen molar-refractivity contribution in [3.63, 3.8) is 0 Å². The molecule has 0 spiro atoms. The Kier molecular flexibility index (Phi) is 4.36. The summed E-state index contributed by atoms with van der Waals surface area (Å²) < 4.78 is 5.34. The van der Waals surface area contributed by atoms with Crippen LogP contribution in [0.5, 0.6) is 0 Å². The third kappa shape index (κ3) is 3.34. The van der Waals surface area contributed by atoms with Gasteiger partial charge in [-0.25, -0.2) is 4.98 Å². The average molecular weight is 245 g/mol. The molecule has 0 saturated heterocycles. The minimum absolute atomic E-state index is 0.727. The first-order valence-corrected chi connectivity index (χ1v) is 6.18. The van der Waals surface area contributed by atoms with Crippen molar-refractivity contribution in [1.82, 2.24) is 10.3 Å². The molecule has 0 fully saturated rings. The van der Waals surface area contributed by atoms with Crippen molar-refractivity contribution < 1.29 is 4.42 Å². The van der Waals surface area contributed by atoms with Gasteiger partial charge in [0.05, 0.1) is 12.8 Å². The van der Waals surface area contributed by atoms with E-state index in [-0.39, 0.29) is 0 Å². The molecular weight excluding hydrogens is 226 g/mol. The van der Waals surface area contributed by atoms with Gasteiger partial charge in [-0.15, -0.1) is 0 Å². The zero-order valence-corrected chi connectivity index (χ0v) is 10.9. The summed E-state index contributed by atoms with van der Waals surface area (Å²) >= 11 is 0. The normalized spacial score (nSPS) is 10.6. The van der Waals surface area contributed by atoms with Gasteiger partial charge in [0.2, 0.25) is 0 Å². The van der Waals surface area contributed by atoms with E-state index in [0.717, 1.165) is 31.2 Å². The van der Waals surface area contributed by atoms with Gasteiger partial charge in [0.1, 0.15) is 11.6 Å². The molecule has 0 atom stereocenters. The molecule has 0 aliphatic rings. The van der Waals surface area contributed by atoms with E-state index in [4.69, 9.17) is 4.42 Å².